The maximum atomic E-state index is 12.7. The van der Waals surface area contributed by atoms with Crippen molar-refractivity contribution in [2.45, 2.75) is 56.1 Å². The largest absolute Gasteiger partial charge is 0.387 e. The lowest BCUT2D eigenvalue weighted by Crippen LogP contribution is -2.55. The number of hydrogen-bond donors (Lipinski definition) is 5. The first kappa shape index (κ1) is 24.4. The predicted octanol–water partition coefficient (Wildman–Crippen LogP) is 0.916. The Balaban J connectivity index is 2.03. The van der Waals surface area contributed by atoms with Gasteiger partial charge in [0.1, 0.15) is 24.4 Å². The number of nitrogens with one attached hydrogen (secondary N) is 2. The third-order valence-corrected chi connectivity index (χ3v) is 5.67. The molecule has 9 heteroatoms. The number of rotatable bonds is 7. The number of ether oxygens (including phenoxy) is 1. The van der Waals surface area contributed by atoms with Gasteiger partial charge in [-0.05, 0) is 17.5 Å². The quantitative estimate of drug-likeness (QED) is 0.401. The number of para-hydroxylation sites is 1. The molecule has 0 aliphatic carbocycles. The molecule has 1 heterocycles. The van der Waals surface area contributed by atoms with Crippen LogP contribution in [0, 0.1) is 5.41 Å². The summed E-state index contributed by atoms with van der Waals surface area (Å²) in [6, 6.07) is 6.44. The molecular formula is C21H30N2O6S. The summed E-state index contributed by atoms with van der Waals surface area (Å²) < 4.78 is 5.06. The molecule has 0 spiro atoms. The van der Waals surface area contributed by atoms with Crippen LogP contribution in [0.2, 0.25) is 0 Å². The fourth-order valence-corrected chi connectivity index (χ4v) is 3.84. The molecule has 0 radical (unpaired) electrons. The summed E-state index contributed by atoms with van der Waals surface area (Å²) in [7, 11) is 1.20. The lowest BCUT2D eigenvalue weighted by atomic mass is 9.94. The standard InChI is InChI=1S/C21H30N2O6S/c1-21(2,3)10-9-14(24)16(25)17(26)18(29-4)20(28)23-13-11-30-15-8-6-5-7-12(15)22-19(13)27/h5-10,13-14,16-18,24-26H,11H2,1-4H3,(H,22,27)(H,23,28)/b10-9+/t13?,14-,16+,17-,18-/m1/s1. The van der Waals surface area contributed by atoms with E-state index in [4.69, 9.17) is 4.74 Å². The number of thioether (sulfide) groups is 1. The van der Waals surface area contributed by atoms with E-state index in [0.717, 1.165) is 4.90 Å². The second kappa shape index (κ2) is 10.4. The van der Waals surface area contributed by atoms with E-state index in [1.165, 1.54) is 24.9 Å². The van der Waals surface area contributed by atoms with E-state index in [9.17, 15) is 24.9 Å². The van der Waals surface area contributed by atoms with Crippen LogP contribution in [0.5, 0.6) is 0 Å². The Morgan fingerprint density at radius 2 is 1.93 bits per heavy atom. The number of carbonyl (C=O) groups is 2. The highest BCUT2D eigenvalue weighted by Crippen LogP contribution is 2.30. The Labute approximate surface area is 180 Å². The lowest BCUT2D eigenvalue weighted by Gasteiger charge is -2.28. The highest BCUT2D eigenvalue weighted by atomic mass is 32.2. The van der Waals surface area contributed by atoms with Gasteiger partial charge in [0.05, 0.1) is 5.69 Å². The number of carbonyl (C=O) groups excluding carboxylic acids is 2. The number of amides is 2. The minimum atomic E-state index is -1.70. The molecule has 0 saturated heterocycles. The number of fused-ring (bicyclic) bond motifs is 1. The maximum absolute atomic E-state index is 12.7. The van der Waals surface area contributed by atoms with Gasteiger partial charge in [0.15, 0.2) is 6.10 Å². The fraction of sp³-hybridized carbons (Fsp3) is 0.524. The van der Waals surface area contributed by atoms with Crippen LogP contribution in [0.4, 0.5) is 5.69 Å². The maximum Gasteiger partial charge on any atom is 0.252 e. The molecule has 166 valence electrons. The van der Waals surface area contributed by atoms with Crippen LogP contribution in [-0.4, -0.2) is 70.5 Å². The predicted molar refractivity (Wildman–Crippen MR) is 115 cm³/mol. The van der Waals surface area contributed by atoms with Crippen molar-refractivity contribution >= 4 is 29.3 Å². The first-order valence-electron chi connectivity index (χ1n) is 9.63. The minimum absolute atomic E-state index is 0.230. The van der Waals surface area contributed by atoms with Crippen LogP contribution in [0.3, 0.4) is 0 Å². The average Bonchev–Trinajstić information content (AvgIpc) is 2.84. The van der Waals surface area contributed by atoms with E-state index in [1.807, 2.05) is 32.9 Å². The SMILES string of the molecule is CO[C@@H](C(=O)NC1CSc2ccccc2NC1=O)[C@H](O)[C@@H](O)[C@H](O)/C=C/C(C)(C)C. The normalized spacial score (nSPS) is 21.2. The van der Waals surface area contributed by atoms with Crippen molar-refractivity contribution in [1.82, 2.24) is 5.32 Å². The number of methoxy groups -OCH3 is 1. The van der Waals surface area contributed by atoms with Gasteiger partial charge in [-0.3, -0.25) is 9.59 Å². The monoisotopic (exact) mass is 438 g/mol. The van der Waals surface area contributed by atoms with Crippen molar-refractivity contribution in [2.75, 3.05) is 18.2 Å². The summed E-state index contributed by atoms with van der Waals surface area (Å²) in [4.78, 5) is 26.0. The van der Waals surface area contributed by atoms with E-state index in [-0.39, 0.29) is 11.3 Å². The van der Waals surface area contributed by atoms with Crippen molar-refractivity contribution < 1.29 is 29.6 Å². The molecule has 5 N–H and O–H groups in total. The van der Waals surface area contributed by atoms with Crippen LogP contribution < -0.4 is 10.6 Å². The van der Waals surface area contributed by atoms with E-state index >= 15 is 0 Å². The molecule has 0 saturated carbocycles. The molecule has 2 amide bonds. The summed E-state index contributed by atoms with van der Waals surface area (Å²) in [5, 5.41) is 36.1. The molecule has 1 unspecified atom stereocenters. The van der Waals surface area contributed by atoms with E-state index in [0.29, 0.717) is 11.4 Å². The molecule has 8 nitrogen and oxygen atoms in total. The van der Waals surface area contributed by atoms with Gasteiger partial charge in [-0.15, -0.1) is 11.8 Å². The molecular weight excluding hydrogens is 408 g/mol. The minimum Gasteiger partial charge on any atom is -0.387 e. The van der Waals surface area contributed by atoms with Gasteiger partial charge in [0, 0.05) is 17.8 Å². The Hall–Kier alpha value is -1.91. The number of benzene rings is 1. The van der Waals surface area contributed by atoms with E-state index in [2.05, 4.69) is 10.6 Å². The molecule has 1 aromatic rings. The molecule has 30 heavy (non-hydrogen) atoms. The third kappa shape index (κ3) is 6.55. The second-order valence-electron chi connectivity index (χ2n) is 8.21. The van der Waals surface area contributed by atoms with Crippen LogP contribution in [0.1, 0.15) is 20.8 Å². The Morgan fingerprint density at radius 3 is 2.57 bits per heavy atom. The summed E-state index contributed by atoms with van der Waals surface area (Å²) in [6.45, 7) is 5.75. The molecule has 5 atom stereocenters. The zero-order valence-corrected chi connectivity index (χ0v) is 18.3. The van der Waals surface area contributed by atoms with Crippen LogP contribution in [0.15, 0.2) is 41.3 Å². The molecule has 1 aliphatic heterocycles. The van der Waals surface area contributed by atoms with Crippen LogP contribution >= 0.6 is 11.8 Å². The zero-order chi connectivity index (χ0) is 22.5. The fourth-order valence-electron chi connectivity index (χ4n) is 2.81. The number of hydrogen-bond acceptors (Lipinski definition) is 7. The smallest absolute Gasteiger partial charge is 0.252 e. The first-order valence-corrected chi connectivity index (χ1v) is 10.6. The van der Waals surface area contributed by atoms with Crippen molar-refractivity contribution in [2.24, 2.45) is 5.41 Å². The molecule has 0 bridgehead atoms. The molecule has 2 rings (SSSR count). The van der Waals surface area contributed by atoms with Crippen LogP contribution in [-0.2, 0) is 14.3 Å². The van der Waals surface area contributed by atoms with Crippen LogP contribution in [0.25, 0.3) is 0 Å². The van der Waals surface area contributed by atoms with Gasteiger partial charge < -0.3 is 30.7 Å². The average molecular weight is 439 g/mol. The van der Waals surface area contributed by atoms with Crippen molar-refractivity contribution in [3.05, 3.63) is 36.4 Å². The van der Waals surface area contributed by atoms with Gasteiger partial charge in [0.25, 0.3) is 5.91 Å². The summed E-state index contributed by atoms with van der Waals surface area (Å²) in [6.07, 6.45) is -3.16. The van der Waals surface area contributed by atoms with Crippen molar-refractivity contribution in [3.63, 3.8) is 0 Å². The van der Waals surface area contributed by atoms with Gasteiger partial charge in [-0.2, -0.15) is 0 Å². The molecule has 1 aromatic carbocycles. The molecule has 0 fully saturated rings. The second-order valence-corrected chi connectivity index (χ2v) is 9.27. The molecule has 1 aliphatic rings. The van der Waals surface area contributed by atoms with E-state index < -0.39 is 36.4 Å². The van der Waals surface area contributed by atoms with Gasteiger partial charge in [-0.25, -0.2) is 0 Å². The van der Waals surface area contributed by atoms with Gasteiger partial charge >= 0.3 is 0 Å². The lowest BCUT2D eigenvalue weighted by molar-refractivity contribution is -0.150. The van der Waals surface area contributed by atoms with Crippen molar-refractivity contribution in [1.29, 1.82) is 0 Å². The summed E-state index contributed by atoms with van der Waals surface area (Å²) in [5.41, 5.74) is 0.433. The van der Waals surface area contributed by atoms with E-state index in [1.54, 1.807) is 18.2 Å². The number of allylic oxidation sites excluding steroid dienone is 1. The zero-order valence-electron chi connectivity index (χ0n) is 17.5. The third-order valence-electron chi connectivity index (χ3n) is 4.50. The van der Waals surface area contributed by atoms with Crippen molar-refractivity contribution in [3.8, 4) is 0 Å². The topological polar surface area (TPSA) is 128 Å². The Kier molecular flexibility index (Phi) is 8.45. The summed E-state index contributed by atoms with van der Waals surface area (Å²) in [5.74, 6) is -0.859. The van der Waals surface area contributed by atoms with Gasteiger partial charge in [-0.1, -0.05) is 45.1 Å². The first-order chi connectivity index (χ1) is 14.0. The number of anilines is 1. The summed E-state index contributed by atoms with van der Waals surface area (Å²) >= 11 is 1.41. The number of aliphatic hydroxyl groups is 3. The number of aliphatic hydroxyl groups excluding tert-OH is 3. The highest BCUT2D eigenvalue weighted by molar-refractivity contribution is 7.99. The highest BCUT2D eigenvalue weighted by Gasteiger charge is 2.37. The Morgan fingerprint density at radius 1 is 1.27 bits per heavy atom. The van der Waals surface area contributed by atoms with Gasteiger partial charge in [0.2, 0.25) is 5.91 Å². The Bertz CT molecular complexity index is 779. The molecule has 0 aromatic heterocycles.